The second kappa shape index (κ2) is 9.16. The summed E-state index contributed by atoms with van der Waals surface area (Å²) in [4.78, 5) is 12.9. The van der Waals surface area contributed by atoms with Crippen LogP contribution in [0.1, 0.15) is 11.1 Å². The number of guanidine groups is 2. The molecule has 0 radical (unpaired) electrons. The molecule has 1 fully saturated rings. The first-order valence-electron chi connectivity index (χ1n) is 9.10. The van der Waals surface area contributed by atoms with E-state index in [2.05, 4.69) is 62.2 Å². The van der Waals surface area contributed by atoms with Crippen LogP contribution in [-0.4, -0.2) is 47.9 Å². The summed E-state index contributed by atoms with van der Waals surface area (Å²) in [5, 5.41) is 0. The summed E-state index contributed by atoms with van der Waals surface area (Å²) in [5.74, 6) is -0.0448. The second-order valence-corrected chi connectivity index (χ2v) is 6.71. The number of rotatable bonds is 5. The van der Waals surface area contributed by atoms with Crippen LogP contribution in [0.2, 0.25) is 0 Å². The molecular weight excluding hydrogens is 338 g/mol. The number of aliphatic imine (C=N–C) groups is 2. The predicted molar refractivity (Wildman–Crippen MR) is 111 cm³/mol. The zero-order valence-electron chi connectivity index (χ0n) is 15.5. The van der Waals surface area contributed by atoms with Crippen LogP contribution in [0.5, 0.6) is 0 Å². The highest BCUT2D eigenvalue weighted by Crippen LogP contribution is 2.16. The predicted octanol–water partition coefficient (Wildman–Crippen LogP) is 1.22. The van der Waals surface area contributed by atoms with E-state index >= 15 is 0 Å². The normalized spacial score (nSPS) is 16.2. The minimum atomic E-state index is -0.0979. The highest BCUT2D eigenvalue weighted by atomic mass is 15.3. The molecule has 7 nitrogen and oxygen atoms in total. The summed E-state index contributed by atoms with van der Waals surface area (Å²) in [5.41, 5.74) is 19.6. The molecule has 2 aromatic rings. The van der Waals surface area contributed by atoms with Crippen LogP contribution in [-0.2, 0) is 13.1 Å². The Kier molecular flexibility index (Phi) is 6.40. The van der Waals surface area contributed by atoms with E-state index in [1.165, 1.54) is 11.1 Å². The lowest BCUT2D eigenvalue weighted by Gasteiger charge is -2.34. The molecule has 0 amide bonds. The van der Waals surface area contributed by atoms with E-state index in [1.54, 1.807) is 0 Å². The summed E-state index contributed by atoms with van der Waals surface area (Å²) in [6, 6.07) is 18.6. The third-order valence-corrected chi connectivity index (χ3v) is 4.54. The van der Waals surface area contributed by atoms with E-state index in [-0.39, 0.29) is 11.9 Å². The standard InChI is InChI=1S/C20H27N7/c21-19(22)25-20(23)24-18-8-6-17(7-9-18)15-27-12-10-26(11-13-27)14-16-4-2-1-3-5-16/h1-9H,10-15H2,(H6,21,22,23,24,25). The maximum Gasteiger partial charge on any atom is 0.223 e. The molecule has 0 atom stereocenters. The van der Waals surface area contributed by atoms with E-state index < -0.39 is 0 Å². The molecule has 1 heterocycles. The smallest absolute Gasteiger partial charge is 0.223 e. The van der Waals surface area contributed by atoms with Crippen LogP contribution >= 0.6 is 0 Å². The average molecular weight is 365 g/mol. The van der Waals surface area contributed by atoms with E-state index in [0.717, 1.165) is 45.0 Å². The van der Waals surface area contributed by atoms with Crippen molar-refractivity contribution in [3.63, 3.8) is 0 Å². The van der Waals surface area contributed by atoms with Gasteiger partial charge in [-0.25, -0.2) is 4.99 Å². The zero-order valence-corrected chi connectivity index (χ0v) is 15.5. The molecule has 0 unspecified atom stereocenters. The third-order valence-electron chi connectivity index (χ3n) is 4.54. The van der Waals surface area contributed by atoms with Crippen molar-refractivity contribution in [1.82, 2.24) is 9.80 Å². The topological polar surface area (TPSA) is 109 Å². The summed E-state index contributed by atoms with van der Waals surface area (Å²) >= 11 is 0. The number of nitrogens with zero attached hydrogens (tertiary/aromatic N) is 4. The maximum absolute atomic E-state index is 5.65. The van der Waals surface area contributed by atoms with Crippen molar-refractivity contribution in [2.45, 2.75) is 13.1 Å². The van der Waals surface area contributed by atoms with Gasteiger partial charge < -0.3 is 17.2 Å². The van der Waals surface area contributed by atoms with Crippen molar-refractivity contribution in [3.8, 4) is 0 Å². The van der Waals surface area contributed by atoms with Gasteiger partial charge in [-0.05, 0) is 23.3 Å². The Morgan fingerprint density at radius 3 is 1.78 bits per heavy atom. The van der Waals surface area contributed by atoms with Crippen LogP contribution in [0.25, 0.3) is 0 Å². The molecule has 0 spiro atoms. The van der Waals surface area contributed by atoms with Gasteiger partial charge in [0.1, 0.15) is 0 Å². The number of nitrogens with two attached hydrogens (primary N) is 3. The summed E-state index contributed by atoms with van der Waals surface area (Å²) in [6.07, 6.45) is 0. The SMILES string of the molecule is NC(N)=NC(N)=Nc1ccc(CN2CCN(Cc3ccccc3)CC2)cc1. The molecule has 6 N–H and O–H groups in total. The Hall–Kier alpha value is -2.90. The Labute approximate surface area is 160 Å². The monoisotopic (exact) mass is 365 g/mol. The Balaban J connectivity index is 1.48. The summed E-state index contributed by atoms with van der Waals surface area (Å²) < 4.78 is 0. The van der Waals surface area contributed by atoms with E-state index in [1.807, 2.05) is 12.1 Å². The molecule has 0 aromatic heterocycles. The first-order chi connectivity index (χ1) is 13.1. The third kappa shape index (κ3) is 6.09. The van der Waals surface area contributed by atoms with Gasteiger partial charge in [0.15, 0.2) is 5.96 Å². The zero-order chi connectivity index (χ0) is 19.1. The van der Waals surface area contributed by atoms with Gasteiger partial charge in [-0.3, -0.25) is 9.80 Å². The van der Waals surface area contributed by atoms with Gasteiger partial charge in [0.25, 0.3) is 0 Å². The second-order valence-electron chi connectivity index (χ2n) is 6.71. The van der Waals surface area contributed by atoms with Crippen molar-refractivity contribution in [1.29, 1.82) is 0 Å². The highest BCUT2D eigenvalue weighted by Gasteiger charge is 2.16. The van der Waals surface area contributed by atoms with Crippen LogP contribution in [0.4, 0.5) is 5.69 Å². The summed E-state index contributed by atoms with van der Waals surface area (Å²) in [7, 11) is 0. The van der Waals surface area contributed by atoms with Crippen molar-refractivity contribution in [2.75, 3.05) is 26.2 Å². The Morgan fingerprint density at radius 2 is 1.26 bits per heavy atom. The van der Waals surface area contributed by atoms with E-state index in [9.17, 15) is 0 Å². The van der Waals surface area contributed by atoms with Crippen LogP contribution in [0, 0.1) is 0 Å². The molecule has 1 aliphatic heterocycles. The van der Waals surface area contributed by atoms with Crippen molar-refractivity contribution in [3.05, 3.63) is 65.7 Å². The minimum absolute atomic E-state index is 0.0530. The molecule has 7 heteroatoms. The van der Waals surface area contributed by atoms with Crippen molar-refractivity contribution < 1.29 is 0 Å². The largest absolute Gasteiger partial charge is 0.370 e. The molecule has 0 aliphatic carbocycles. The van der Waals surface area contributed by atoms with E-state index in [4.69, 9.17) is 17.2 Å². The fourth-order valence-electron chi connectivity index (χ4n) is 3.17. The van der Waals surface area contributed by atoms with Gasteiger partial charge in [0.2, 0.25) is 5.96 Å². The average Bonchev–Trinajstić information content (AvgIpc) is 2.65. The van der Waals surface area contributed by atoms with Gasteiger partial charge in [-0.1, -0.05) is 42.5 Å². The molecular formula is C20H27N7. The van der Waals surface area contributed by atoms with Crippen LogP contribution < -0.4 is 17.2 Å². The lowest BCUT2D eigenvalue weighted by molar-refractivity contribution is 0.122. The van der Waals surface area contributed by atoms with Gasteiger partial charge >= 0.3 is 0 Å². The number of benzene rings is 2. The van der Waals surface area contributed by atoms with Crippen LogP contribution in [0.15, 0.2) is 64.6 Å². The number of hydrogen-bond donors (Lipinski definition) is 3. The number of hydrogen-bond acceptors (Lipinski definition) is 3. The van der Waals surface area contributed by atoms with Gasteiger partial charge in [-0.2, -0.15) is 4.99 Å². The fraction of sp³-hybridized carbons (Fsp3) is 0.300. The molecule has 3 rings (SSSR count). The van der Waals surface area contributed by atoms with Crippen molar-refractivity contribution >= 4 is 17.6 Å². The van der Waals surface area contributed by atoms with Crippen LogP contribution in [0.3, 0.4) is 0 Å². The Morgan fingerprint density at radius 1 is 0.741 bits per heavy atom. The molecule has 142 valence electrons. The van der Waals surface area contributed by atoms with Gasteiger partial charge in [0.05, 0.1) is 5.69 Å². The first-order valence-corrected chi connectivity index (χ1v) is 9.10. The van der Waals surface area contributed by atoms with E-state index in [0.29, 0.717) is 0 Å². The lowest BCUT2D eigenvalue weighted by atomic mass is 10.1. The minimum Gasteiger partial charge on any atom is -0.370 e. The fourth-order valence-corrected chi connectivity index (χ4v) is 3.17. The molecule has 1 saturated heterocycles. The number of piperazine rings is 1. The molecule has 27 heavy (non-hydrogen) atoms. The lowest BCUT2D eigenvalue weighted by Crippen LogP contribution is -2.45. The van der Waals surface area contributed by atoms with Crippen molar-refractivity contribution in [2.24, 2.45) is 27.2 Å². The quantitative estimate of drug-likeness (QED) is 0.545. The van der Waals surface area contributed by atoms with Gasteiger partial charge in [-0.15, -0.1) is 0 Å². The van der Waals surface area contributed by atoms with Gasteiger partial charge in [0, 0.05) is 39.3 Å². The molecule has 0 saturated carbocycles. The molecule has 0 bridgehead atoms. The maximum atomic E-state index is 5.65. The molecule has 2 aromatic carbocycles. The first kappa shape index (κ1) is 18.9. The molecule has 1 aliphatic rings. The Bertz CT molecular complexity index is 772. The summed E-state index contributed by atoms with van der Waals surface area (Å²) in [6.45, 7) is 6.29. The highest BCUT2D eigenvalue weighted by molar-refractivity contribution is 5.93.